The van der Waals surface area contributed by atoms with Gasteiger partial charge in [-0.1, -0.05) is 40.5 Å². The molecule has 7 rings (SSSR count). The van der Waals surface area contributed by atoms with Crippen molar-refractivity contribution in [3.8, 4) is 17.0 Å². The zero-order valence-electron chi connectivity index (χ0n) is 21.7. The molecule has 1 spiro atoms. The van der Waals surface area contributed by atoms with Gasteiger partial charge in [-0.25, -0.2) is 4.79 Å². The van der Waals surface area contributed by atoms with Crippen LogP contribution in [0, 0.1) is 0 Å². The van der Waals surface area contributed by atoms with Crippen LogP contribution >= 0.6 is 23.2 Å². The molecule has 7 nitrogen and oxygen atoms in total. The molecule has 3 heterocycles. The number of rotatable bonds is 7. The van der Waals surface area contributed by atoms with Crippen molar-refractivity contribution in [3.63, 3.8) is 0 Å². The normalized spacial score (nSPS) is 19.8. The highest BCUT2D eigenvalue weighted by molar-refractivity contribution is 6.39. The summed E-state index contributed by atoms with van der Waals surface area (Å²) in [5.74, 6) is 1.04. The van der Waals surface area contributed by atoms with Gasteiger partial charge in [0.2, 0.25) is 0 Å². The van der Waals surface area contributed by atoms with Gasteiger partial charge < -0.3 is 19.3 Å². The lowest BCUT2D eigenvalue weighted by Gasteiger charge is -2.26. The minimum Gasteiger partial charge on any atom is -0.489 e. The number of aryl methyl sites for hydroxylation is 1. The first kappa shape index (κ1) is 25.4. The molecule has 40 heavy (non-hydrogen) atoms. The molecule has 0 bridgehead atoms. The molecule has 0 radical (unpaired) electrons. The third-order valence-electron chi connectivity index (χ3n) is 8.56. The summed E-state index contributed by atoms with van der Waals surface area (Å²) >= 11 is 13.1. The predicted octanol–water partition coefficient (Wildman–Crippen LogP) is 7.29. The number of benzene rings is 2. The number of carboxylic acid groups (broad SMARTS) is 1. The monoisotopic (exact) mass is 575 g/mol. The maximum absolute atomic E-state index is 11.5. The summed E-state index contributed by atoms with van der Waals surface area (Å²) in [7, 11) is 0. The Balaban J connectivity index is 1.15. The van der Waals surface area contributed by atoms with Gasteiger partial charge in [-0.2, -0.15) is 0 Å². The van der Waals surface area contributed by atoms with E-state index < -0.39 is 5.97 Å². The van der Waals surface area contributed by atoms with Gasteiger partial charge in [-0.3, -0.25) is 4.98 Å². The Morgan fingerprint density at radius 1 is 1.12 bits per heavy atom. The van der Waals surface area contributed by atoms with Crippen LogP contribution in [0.25, 0.3) is 11.3 Å². The van der Waals surface area contributed by atoms with Crippen molar-refractivity contribution < 1.29 is 19.2 Å². The lowest BCUT2D eigenvalue weighted by atomic mass is 9.81. The summed E-state index contributed by atoms with van der Waals surface area (Å²) in [6, 6.07) is 13.5. The second-order valence-electron chi connectivity index (χ2n) is 11.0. The number of aromatic carboxylic acids is 1. The van der Waals surface area contributed by atoms with Crippen molar-refractivity contribution in [1.82, 2.24) is 10.1 Å². The number of hydrogen-bond acceptors (Lipinski definition) is 6. The standard InChI is InChI=1S/C31H27Cl2N3O4/c32-25-2-1-3-26(33)27(25)28-23(29(40-35-28)19-4-5-19)16-39-22-7-6-18-8-9-31(24(18)13-22)10-11-36(17-31)21-12-20(30(37)38)14-34-15-21/h1-3,6-7,12-15,19H,4-5,8-11,16-17H2,(H,37,38). The highest BCUT2D eigenvalue weighted by Crippen LogP contribution is 2.49. The van der Waals surface area contributed by atoms with Gasteiger partial charge in [0.15, 0.2) is 0 Å². The molecular weight excluding hydrogens is 549 g/mol. The van der Waals surface area contributed by atoms with Gasteiger partial charge in [-0.05, 0) is 73.6 Å². The fraction of sp³-hybridized carbons (Fsp3) is 0.323. The number of pyridine rings is 1. The molecule has 4 aromatic rings. The van der Waals surface area contributed by atoms with Crippen molar-refractivity contribution >= 4 is 34.9 Å². The summed E-state index contributed by atoms with van der Waals surface area (Å²) in [5.41, 5.74) is 5.92. The number of anilines is 1. The topological polar surface area (TPSA) is 88.7 Å². The number of fused-ring (bicyclic) bond motifs is 2. The van der Waals surface area contributed by atoms with E-state index in [0.717, 1.165) is 68.0 Å². The zero-order chi connectivity index (χ0) is 27.4. The zero-order valence-corrected chi connectivity index (χ0v) is 23.2. The number of ether oxygens (including phenoxy) is 1. The molecule has 0 amide bonds. The number of aromatic nitrogens is 2. The van der Waals surface area contributed by atoms with Crippen molar-refractivity contribution in [2.75, 3.05) is 18.0 Å². The molecule has 2 fully saturated rings. The maximum atomic E-state index is 11.5. The molecule has 1 saturated carbocycles. The second kappa shape index (κ2) is 9.82. The molecule has 2 aromatic carbocycles. The molecule has 2 aliphatic carbocycles. The van der Waals surface area contributed by atoms with Crippen LogP contribution in [0.5, 0.6) is 5.75 Å². The molecular formula is C31H27Cl2N3O4. The Kier molecular flexibility index (Phi) is 6.24. The van der Waals surface area contributed by atoms with Crippen LogP contribution < -0.4 is 9.64 Å². The van der Waals surface area contributed by atoms with Gasteiger partial charge in [0.05, 0.1) is 33.1 Å². The summed E-state index contributed by atoms with van der Waals surface area (Å²) < 4.78 is 12.2. The largest absolute Gasteiger partial charge is 0.489 e. The van der Waals surface area contributed by atoms with E-state index in [-0.39, 0.29) is 11.0 Å². The second-order valence-corrected chi connectivity index (χ2v) is 11.9. The highest BCUT2D eigenvalue weighted by Gasteiger charge is 2.44. The number of nitrogens with zero attached hydrogens (tertiary/aromatic N) is 3. The van der Waals surface area contributed by atoms with Crippen LogP contribution in [-0.4, -0.2) is 34.3 Å². The average Bonchev–Trinajstić information content (AvgIpc) is 3.42. The van der Waals surface area contributed by atoms with E-state index in [2.05, 4.69) is 27.2 Å². The van der Waals surface area contributed by atoms with Crippen molar-refractivity contribution in [2.45, 2.75) is 50.0 Å². The van der Waals surface area contributed by atoms with Crippen molar-refractivity contribution in [1.29, 1.82) is 0 Å². The Bertz CT molecular complexity index is 1610. The van der Waals surface area contributed by atoms with Crippen LogP contribution in [0.4, 0.5) is 5.69 Å². The molecule has 2 aromatic heterocycles. The van der Waals surface area contributed by atoms with E-state index in [1.807, 2.05) is 12.1 Å². The summed E-state index contributed by atoms with van der Waals surface area (Å²) in [4.78, 5) is 17.9. The number of halogens is 2. The molecule has 1 unspecified atom stereocenters. The Hall–Kier alpha value is -3.55. The predicted molar refractivity (Wildman–Crippen MR) is 153 cm³/mol. The number of hydrogen-bond donors (Lipinski definition) is 1. The molecule has 1 aliphatic heterocycles. The minimum atomic E-state index is -0.964. The SMILES string of the molecule is O=C(O)c1cncc(N2CCC3(CCc4ccc(OCc5c(-c6c(Cl)cccc6Cl)noc5C5CC5)cc43)C2)c1. The number of carbonyl (C=O) groups is 1. The van der Waals surface area contributed by atoms with E-state index in [1.165, 1.54) is 17.3 Å². The quantitative estimate of drug-likeness (QED) is 0.247. The Morgan fingerprint density at radius 3 is 2.73 bits per heavy atom. The lowest BCUT2D eigenvalue weighted by Crippen LogP contribution is -2.29. The molecule has 9 heteroatoms. The first-order chi connectivity index (χ1) is 19.4. The van der Waals surface area contributed by atoms with Gasteiger partial charge >= 0.3 is 5.97 Å². The van der Waals surface area contributed by atoms with E-state index in [0.29, 0.717) is 33.8 Å². The molecule has 1 N–H and O–H groups in total. The third-order valence-corrected chi connectivity index (χ3v) is 9.19. The van der Waals surface area contributed by atoms with Gasteiger partial charge in [-0.15, -0.1) is 0 Å². The third kappa shape index (κ3) is 4.41. The van der Waals surface area contributed by atoms with Crippen LogP contribution in [0.2, 0.25) is 10.0 Å². The van der Waals surface area contributed by atoms with Crippen LogP contribution in [0.1, 0.15) is 64.4 Å². The summed E-state index contributed by atoms with van der Waals surface area (Å²) in [6.07, 6.45) is 8.35. The summed E-state index contributed by atoms with van der Waals surface area (Å²) in [6.45, 7) is 1.97. The highest BCUT2D eigenvalue weighted by atomic mass is 35.5. The Morgan fingerprint density at radius 2 is 1.95 bits per heavy atom. The smallest absolute Gasteiger partial charge is 0.337 e. The van der Waals surface area contributed by atoms with Crippen molar-refractivity contribution in [3.05, 3.63) is 92.9 Å². The van der Waals surface area contributed by atoms with Crippen LogP contribution in [0.15, 0.2) is 59.4 Å². The number of carboxylic acids is 1. The van der Waals surface area contributed by atoms with E-state index in [9.17, 15) is 9.90 Å². The fourth-order valence-electron chi connectivity index (χ4n) is 6.30. The Labute approximate surface area is 241 Å². The van der Waals surface area contributed by atoms with Crippen LogP contribution in [0.3, 0.4) is 0 Å². The lowest BCUT2D eigenvalue weighted by molar-refractivity contribution is 0.0696. The minimum absolute atomic E-state index is 0.000546. The fourth-order valence-corrected chi connectivity index (χ4v) is 6.88. The maximum Gasteiger partial charge on any atom is 0.337 e. The first-order valence-corrected chi connectivity index (χ1v) is 14.3. The van der Waals surface area contributed by atoms with E-state index in [4.69, 9.17) is 32.5 Å². The molecule has 204 valence electrons. The van der Waals surface area contributed by atoms with Gasteiger partial charge in [0, 0.05) is 36.2 Å². The summed E-state index contributed by atoms with van der Waals surface area (Å²) in [5, 5.41) is 14.8. The van der Waals surface area contributed by atoms with E-state index in [1.54, 1.807) is 24.4 Å². The van der Waals surface area contributed by atoms with E-state index >= 15 is 0 Å². The molecule has 1 saturated heterocycles. The van der Waals surface area contributed by atoms with Gasteiger partial charge in [0.25, 0.3) is 0 Å². The first-order valence-electron chi connectivity index (χ1n) is 13.5. The van der Waals surface area contributed by atoms with Gasteiger partial charge in [0.1, 0.15) is 23.8 Å². The van der Waals surface area contributed by atoms with Crippen molar-refractivity contribution in [2.24, 2.45) is 0 Å². The molecule has 3 aliphatic rings. The molecule has 1 atom stereocenters. The van der Waals surface area contributed by atoms with Crippen LogP contribution in [-0.2, 0) is 18.4 Å². The average molecular weight is 576 g/mol.